The second-order valence-corrected chi connectivity index (χ2v) is 6.11. The van der Waals surface area contributed by atoms with Crippen LogP contribution in [0, 0.1) is 0 Å². The predicted molar refractivity (Wildman–Crippen MR) is 84.8 cm³/mol. The van der Waals surface area contributed by atoms with Gasteiger partial charge in [-0.15, -0.1) is 0 Å². The minimum absolute atomic E-state index is 0.185. The molecule has 20 heavy (non-hydrogen) atoms. The SMILES string of the molecule is CCC(O[SiH2]c1cccc2ccccc12)OC(C)OC. The van der Waals surface area contributed by atoms with Gasteiger partial charge >= 0.3 is 0 Å². The summed E-state index contributed by atoms with van der Waals surface area (Å²) < 4.78 is 16.8. The normalized spacial score (nSPS) is 14.9. The zero-order valence-electron chi connectivity index (χ0n) is 12.3. The molecular formula is C16H22O3Si. The van der Waals surface area contributed by atoms with Gasteiger partial charge in [0.25, 0.3) is 0 Å². The lowest BCUT2D eigenvalue weighted by atomic mass is 10.1. The van der Waals surface area contributed by atoms with Gasteiger partial charge < -0.3 is 13.9 Å². The fraction of sp³-hybridized carbons (Fsp3) is 0.375. The average molecular weight is 290 g/mol. The number of fused-ring (bicyclic) bond motifs is 1. The molecule has 4 heteroatoms. The second-order valence-electron chi connectivity index (χ2n) is 4.73. The lowest BCUT2D eigenvalue weighted by Crippen LogP contribution is -2.29. The first-order valence-corrected chi connectivity index (χ1v) is 8.29. The van der Waals surface area contributed by atoms with Crippen LogP contribution in [0.2, 0.25) is 0 Å². The van der Waals surface area contributed by atoms with Crippen LogP contribution in [-0.4, -0.2) is 29.5 Å². The summed E-state index contributed by atoms with van der Waals surface area (Å²) in [7, 11) is 0.816. The quantitative estimate of drug-likeness (QED) is 0.578. The molecule has 0 spiro atoms. The van der Waals surface area contributed by atoms with E-state index in [1.165, 1.54) is 16.0 Å². The second kappa shape index (κ2) is 7.55. The van der Waals surface area contributed by atoms with Crippen LogP contribution in [0.5, 0.6) is 0 Å². The Kier molecular flexibility index (Phi) is 5.73. The van der Waals surface area contributed by atoms with Crippen molar-refractivity contribution >= 4 is 25.7 Å². The Morgan fingerprint density at radius 2 is 1.85 bits per heavy atom. The van der Waals surface area contributed by atoms with Gasteiger partial charge in [-0.05, 0) is 29.3 Å². The largest absolute Gasteiger partial charge is 0.394 e. The molecule has 108 valence electrons. The van der Waals surface area contributed by atoms with Crippen LogP contribution in [0.4, 0.5) is 0 Å². The summed E-state index contributed by atoms with van der Waals surface area (Å²) in [4.78, 5) is 0. The van der Waals surface area contributed by atoms with Crippen molar-refractivity contribution in [2.24, 2.45) is 0 Å². The summed E-state index contributed by atoms with van der Waals surface area (Å²) in [6.07, 6.45) is 0.405. The predicted octanol–water partition coefficient (Wildman–Crippen LogP) is 2.31. The molecule has 0 saturated heterocycles. The maximum absolute atomic E-state index is 5.99. The van der Waals surface area contributed by atoms with E-state index in [1.54, 1.807) is 7.11 Å². The van der Waals surface area contributed by atoms with E-state index in [4.69, 9.17) is 13.9 Å². The third-order valence-corrected chi connectivity index (χ3v) is 4.78. The Balaban J connectivity index is 2.04. The van der Waals surface area contributed by atoms with E-state index in [2.05, 4.69) is 49.4 Å². The Bertz CT molecular complexity index is 539. The van der Waals surface area contributed by atoms with E-state index in [0.717, 1.165) is 6.42 Å². The molecule has 0 radical (unpaired) electrons. The minimum Gasteiger partial charge on any atom is -0.394 e. The number of hydrogen-bond acceptors (Lipinski definition) is 3. The number of methoxy groups -OCH3 is 1. The van der Waals surface area contributed by atoms with Crippen LogP contribution >= 0.6 is 0 Å². The van der Waals surface area contributed by atoms with E-state index in [0.29, 0.717) is 0 Å². The fourth-order valence-corrected chi connectivity index (χ4v) is 3.51. The smallest absolute Gasteiger partial charge is 0.196 e. The molecule has 2 aromatic rings. The molecular weight excluding hydrogens is 268 g/mol. The van der Waals surface area contributed by atoms with Crippen LogP contribution < -0.4 is 5.19 Å². The summed E-state index contributed by atoms with van der Waals surface area (Å²) in [5, 5.41) is 3.87. The molecule has 0 heterocycles. The Labute approximate surface area is 122 Å². The monoisotopic (exact) mass is 290 g/mol. The molecule has 0 aliphatic carbocycles. The molecule has 0 N–H and O–H groups in total. The molecule has 3 nitrogen and oxygen atoms in total. The van der Waals surface area contributed by atoms with Gasteiger partial charge in [0.2, 0.25) is 0 Å². The molecule has 0 bridgehead atoms. The van der Waals surface area contributed by atoms with Gasteiger partial charge in [0.15, 0.2) is 16.1 Å². The highest BCUT2D eigenvalue weighted by atomic mass is 28.2. The van der Waals surface area contributed by atoms with Gasteiger partial charge in [0, 0.05) is 7.11 Å². The average Bonchev–Trinajstić information content (AvgIpc) is 2.51. The summed E-state index contributed by atoms with van der Waals surface area (Å²) in [5.74, 6) is 0. The number of rotatable bonds is 7. The third kappa shape index (κ3) is 3.90. The van der Waals surface area contributed by atoms with Crippen LogP contribution in [0.1, 0.15) is 20.3 Å². The van der Waals surface area contributed by atoms with Crippen molar-refractivity contribution in [1.29, 1.82) is 0 Å². The zero-order chi connectivity index (χ0) is 14.4. The first-order chi connectivity index (χ1) is 9.74. The van der Waals surface area contributed by atoms with Crippen molar-refractivity contribution in [3.8, 4) is 0 Å². The highest BCUT2D eigenvalue weighted by Gasteiger charge is 2.12. The molecule has 2 aromatic carbocycles. The van der Waals surface area contributed by atoms with E-state index in [9.17, 15) is 0 Å². The molecule has 2 atom stereocenters. The molecule has 0 aromatic heterocycles. The van der Waals surface area contributed by atoms with Crippen molar-refractivity contribution in [2.75, 3.05) is 7.11 Å². The van der Waals surface area contributed by atoms with Crippen LogP contribution in [0.15, 0.2) is 42.5 Å². The Morgan fingerprint density at radius 3 is 2.60 bits per heavy atom. The van der Waals surface area contributed by atoms with Crippen molar-refractivity contribution in [3.63, 3.8) is 0 Å². The first kappa shape index (κ1) is 15.2. The first-order valence-electron chi connectivity index (χ1n) is 7.01. The minimum atomic E-state index is -0.823. The summed E-state index contributed by atoms with van der Waals surface area (Å²) in [6.45, 7) is 3.94. The molecule has 0 fully saturated rings. The standard InChI is InChI=1S/C16H22O3Si/c1-4-16(18-12(2)17-3)19-20-15-11-7-9-13-8-5-6-10-14(13)15/h5-12,16H,4,20H2,1-3H3. The number of hydrogen-bond donors (Lipinski definition) is 0. The highest BCUT2D eigenvalue weighted by Crippen LogP contribution is 2.11. The van der Waals surface area contributed by atoms with Gasteiger partial charge in [-0.2, -0.15) is 0 Å². The van der Waals surface area contributed by atoms with Gasteiger partial charge in [-0.3, -0.25) is 0 Å². The molecule has 2 rings (SSSR count). The van der Waals surface area contributed by atoms with Crippen LogP contribution in [-0.2, 0) is 13.9 Å². The van der Waals surface area contributed by atoms with Gasteiger partial charge in [-0.25, -0.2) is 0 Å². The molecule has 0 aliphatic heterocycles. The van der Waals surface area contributed by atoms with Crippen LogP contribution in [0.25, 0.3) is 10.8 Å². The van der Waals surface area contributed by atoms with Gasteiger partial charge in [0.1, 0.15) is 6.29 Å². The van der Waals surface area contributed by atoms with E-state index < -0.39 is 9.76 Å². The number of benzene rings is 2. The lowest BCUT2D eigenvalue weighted by Gasteiger charge is -2.21. The Morgan fingerprint density at radius 1 is 1.10 bits per heavy atom. The maximum atomic E-state index is 5.99. The van der Waals surface area contributed by atoms with Crippen LogP contribution in [0.3, 0.4) is 0 Å². The molecule has 0 saturated carbocycles. The third-order valence-electron chi connectivity index (χ3n) is 3.31. The molecule has 2 unspecified atom stereocenters. The highest BCUT2D eigenvalue weighted by molar-refractivity contribution is 6.51. The summed E-state index contributed by atoms with van der Waals surface area (Å²) in [6, 6.07) is 14.8. The van der Waals surface area contributed by atoms with E-state index >= 15 is 0 Å². The van der Waals surface area contributed by atoms with Crippen molar-refractivity contribution in [2.45, 2.75) is 32.8 Å². The summed E-state index contributed by atoms with van der Waals surface area (Å²) >= 11 is 0. The molecule has 0 amide bonds. The van der Waals surface area contributed by atoms with Gasteiger partial charge in [-0.1, -0.05) is 49.4 Å². The van der Waals surface area contributed by atoms with Crippen molar-refractivity contribution in [3.05, 3.63) is 42.5 Å². The maximum Gasteiger partial charge on any atom is 0.196 e. The van der Waals surface area contributed by atoms with E-state index in [-0.39, 0.29) is 12.6 Å². The van der Waals surface area contributed by atoms with E-state index in [1.807, 2.05) is 6.92 Å². The lowest BCUT2D eigenvalue weighted by molar-refractivity contribution is -0.200. The van der Waals surface area contributed by atoms with Crippen molar-refractivity contribution in [1.82, 2.24) is 0 Å². The molecule has 0 aliphatic rings. The zero-order valence-corrected chi connectivity index (χ0v) is 13.7. The van der Waals surface area contributed by atoms with Crippen molar-refractivity contribution < 1.29 is 13.9 Å². The van der Waals surface area contributed by atoms with Gasteiger partial charge in [0.05, 0.1) is 0 Å². The topological polar surface area (TPSA) is 27.7 Å². The Hall–Kier alpha value is -1.20. The summed E-state index contributed by atoms with van der Waals surface area (Å²) in [5.41, 5.74) is 0. The number of ether oxygens (including phenoxy) is 2. The fourth-order valence-electron chi connectivity index (χ4n) is 2.12.